The van der Waals surface area contributed by atoms with Crippen molar-refractivity contribution >= 4 is 21.0 Å². The van der Waals surface area contributed by atoms with Gasteiger partial charge in [0.15, 0.2) is 15.6 Å². The van der Waals surface area contributed by atoms with E-state index in [0.717, 1.165) is 33.9 Å². The summed E-state index contributed by atoms with van der Waals surface area (Å²) >= 11 is 0. The van der Waals surface area contributed by atoms with Crippen molar-refractivity contribution in [2.75, 3.05) is 13.2 Å². The molecule has 226 valence electrons. The van der Waals surface area contributed by atoms with Gasteiger partial charge in [0.1, 0.15) is 17.5 Å². The lowest BCUT2D eigenvalue weighted by Gasteiger charge is -2.58. The zero-order valence-electron chi connectivity index (χ0n) is 23.1. The van der Waals surface area contributed by atoms with Crippen LogP contribution in [0.3, 0.4) is 0 Å². The predicted octanol–water partition coefficient (Wildman–Crippen LogP) is 6.98. The Balaban J connectivity index is 0.000000169. The monoisotopic (exact) mass is 621 g/mol. The van der Waals surface area contributed by atoms with Gasteiger partial charge in [-0.25, -0.2) is 4.39 Å². The van der Waals surface area contributed by atoms with Gasteiger partial charge in [0.25, 0.3) is 0 Å². The van der Waals surface area contributed by atoms with Crippen LogP contribution in [0, 0.1) is 29.0 Å². The maximum atomic E-state index is 14.2. The molecule has 3 aromatic rings. The number of ether oxygens (including phenoxy) is 1. The lowest BCUT2D eigenvalue weighted by molar-refractivity contribution is -0.147. The summed E-state index contributed by atoms with van der Waals surface area (Å²) in [7, 11) is -5.89. The Labute approximate surface area is 248 Å². The number of hydrogen-bond acceptors (Lipinski definition) is 4. The third-order valence-corrected chi connectivity index (χ3v) is 11.9. The van der Waals surface area contributed by atoms with Crippen LogP contribution in [0.25, 0.3) is 0 Å². The van der Waals surface area contributed by atoms with Crippen LogP contribution in [-0.2, 0) is 25.7 Å². The van der Waals surface area contributed by atoms with Crippen molar-refractivity contribution in [2.24, 2.45) is 23.2 Å². The Morgan fingerprint density at radius 1 is 0.833 bits per heavy atom. The van der Waals surface area contributed by atoms with Crippen molar-refractivity contribution in [1.82, 2.24) is 0 Å². The van der Waals surface area contributed by atoms with Gasteiger partial charge in [-0.1, -0.05) is 48.5 Å². The third-order valence-electron chi connectivity index (χ3n) is 8.73. The molecule has 4 bridgehead atoms. The van der Waals surface area contributed by atoms with Gasteiger partial charge in [0, 0.05) is 0 Å². The molecule has 3 aromatic carbocycles. The maximum absolute atomic E-state index is 14.2. The largest absolute Gasteiger partial charge is 0.392 e. The molecule has 2 N–H and O–H groups in total. The van der Waals surface area contributed by atoms with Crippen LogP contribution in [0.2, 0.25) is 0 Å². The number of benzene rings is 3. The molecule has 0 aromatic heterocycles. The molecule has 7 rings (SSSR count). The van der Waals surface area contributed by atoms with Crippen molar-refractivity contribution in [3.63, 3.8) is 0 Å². The number of halogens is 3. The predicted molar refractivity (Wildman–Crippen MR) is 155 cm³/mol. The smallest absolute Gasteiger partial charge is 0.390 e. The fraction of sp³-hybridized carbons (Fsp3) is 0.438. The molecule has 5 nitrogen and oxygen atoms in total. The molecule has 0 amide bonds. The molecule has 1 atom stereocenters. The molecule has 4 aliphatic rings. The molecule has 42 heavy (non-hydrogen) atoms. The van der Waals surface area contributed by atoms with E-state index in [0.29, 0.717) is 17.8 Å². The van der Waals surface area contributed by atoms with Crippen molar-refractivity contribution in [1.29, 1.82) is 0 Å². The first-order valence-corrected chi connectivity index (χ1v) is 16.8. The average molecular weight is 622 g/mol. The number of rotatable bonds is 9. The Kier molecular flexibility index (Phi) is 9.39. The van der Waals surface area contributed by atoms with Crippen LogP contribution in [0.4, 0.5) is 13.2 Å². The van der Waals surface area contributed by atoms with Gasteiger partial charge >= 0.3 is 15.4 Å². The highest BCUT2D eigenvalue weighted by Gasteiger charge is 2.54. The second-order valence-corrected chi connectivity index (χ2v) is 15.3. The van der Waals surface area contributed by atoms with E-state index in [2.05, 4.69) is 24.3 Å². The van der Waals surface area contributed by atoms with Gasteiger partial charge in [-0.15, -0.1) is 0 Å². The zero-order valence-corrected chi connectivity index (χ0v) is 24.8. The van der Waals surface area contributed by atoms with Gasteiger partial charge in [-0.2, -0.15) is 17.2 Å². The van der Waals surface area contributed by atoms with Crippen molar-refractivity contribution < 1.29 is 36.0 Å². The number of hydrogen-bond donors (Lipinski definition) is 2. The van der Waals surface area contributed by atoms with Gasteiger partial charge < -0.3 is 9.84 Å². The van der Waals surface area contributed by atoms with Crippen LogP contribution in [0.1, 0.15) is 38.5 Å². The van der Waals surface area contributed by atoms with E-state index < -0.39 is 39.0 Å². The summed E-state index contributed by atoms with van der Waals surface area (Å²) in [6, 6.07) is 27.2. The minimum Gasteiger partial charge on any atom is -0.390 e. The Morgan fingerprint density at radius 2 is 1.29 bits per heavy atom. The van der Waals surface area contributed by atoms with Gasteiger partial charge in [0.05, 0.1) is 12.7 Å². The second-order valence-electron chi connectivity index (χ2n) is 11.8. The fourth-order valence-electron chi connectivity index (χ4n) is 7.24. The molecular weight excluding hydrogens is 585 g/mol. The zero-order chi connectivity index (χ0) is 30.0. The Bertz CT molecular complexity index is 1360. The minimum absolute atomic E-state index is 0.150. The van der Waals surface area contributed by atoms with Crippen LogP contribution in [-0.4, -0.2) is 42.6 Å². The quantitative estimate of drug-likeness (QED) is 0.199. The summed E-state index contributed by atoms with van der Waals surface area (Å²) < 4.78 is 74.6. The fourth-order valence-corrected chi connectivity index (χ4v) is 9.59. The minimum atomic E-state index is -5.49. The van der Waals surface area contributed by atoms with Gasteiger partial charge in [0.2, 0.25) is 4.90 Å². The van der Waals surface area contributed by atoms with Crippen LogP contribution in [0.15, 0.2) is 99.6 Å². The Morgan fingerprint density at radius 3 is 1.74 bits per heavy atom. The molecule has 4 aliphatic carbocycles. The van der Waals surface area contributed by atoms with Crippen molar-refractivity contribution in [3.05, 3.63) is 90.7 Å². The molecular formula is C32H36F3O5S2+. The van der Waals surface area contributed by atoms with E-state index in [1.807, 2.05) is 48.5 Å². The summed E-state index contributed by atoms with van der Waals surface area (Å²) in [6.07, 6.45) is 5.45. The standard InChI is InChI=1S/C18H14FS.C14H22F2O5S/c19-17-13-7-8-14-18(17)20(15-9-3-1-4-10-15)16-11-5-2-6-12-16;15-14(16,22(18,19)20)8-21-7-12(17)13-4-9-1-10(5-13)3-11(2-9)6-13/h1-14H;9-12,17H,1-8H2,(H,18,19,20)/q+1;. The molecule has 0 aliphatic heterocycles. The first-order chi connectivity index (χ1) is 20.0. The summed E-state index contributed by atoms with van der Waals surface area (Å²) in [5.41, 5.74) is -0.262. The van der Waals surface area contributed by atoms with Crippen molar-refractivity contribution in [2.45, 2.75) is 64.6 Å². The van der Waals surface area contributed by atoms with Gasteiger partial charge in [-0.05, 0) is 98.1 Å². The van der Waals surface area contributed by atoms with E-state index in [4.69, 9.17) is 9.29 Å². The molecule has 1 unspecified atom stereocenters. The summed E-state index contributed by atoms with van der Waals surface area (Å²) in [6.45, 7) is -1.76. The molecule has 0 spiro atoms. The molecule has 0 saturated heterocycles. The lowest BCUT2D eigenvalue weighted by Crippen LogP contribution is -2.53. The highest BCUT2D eigenvalue weighted by atomic mass is 32.2. The summed E-state index contributed by atoms with van der Waals surface area (Å²) in [5, 5.41) is 6.09. The van der Waals surface area contributed by atoms with E-state index >= 15 is 0 Å². The molecule has 4 saturated carbocycles. The molecule has 4 fully saturated rings. The number of alkyl halides is 2. The molecule has 0 radical (unpaired) electrons. The van der Waals surface area contributed by atoms with E-state index in [-0.39, 0.29) is 17.8 Å². The van der Waals surface area contributed by atoms with Crippen LogP contribution in [0.5, 0.6) is 0 Å². The first kappa shape index (κ1) is 31.1. The normalized spacial score (nSPS) is 25.6. The van der Waals surface area contributed by atoms with E-state index in [1.165, 1.54) is 25.3 Å². The van der Waals surface area contributed by atoms with Crippen LogP contribution < -0.4 is 0 Å². The third kappa shape index (κ3) is 6.89. The summed E-state index contributed by atoms with van der Waals surface area (Å²) in [4.78, 5) is 3.00. The van der Waals surface area contributed by atoms with Crippen LogP contribution >= 0.6 is 0 Å². The first-order valence-electron chi connectivity index (χ1n) is 14.2. The molecule has 0 heterocycles. The maximum Gasteiger partial charge on any atom is 0.392 e. The number of aliphatic hydroxyl groups is 1. The van der Waals surface area contributed by atoms with Crippen molar-refractivity contribution in [3.8, 4) is 0 Å². The van der Waals surface area contributed by atoms with E-state index in [9.17, 15) is 26.7 Å². The topological polar surface area (TPSA) is 83.8 Å². The van der Waals surface area contributed by atoms with Gasteiger partial charge in [-0.3, -0.25) is 4.55 Å². The SMILES string of the molecule is Fc1ccccc1[S+](c1ccccc1)c1ccccc1.O=S(=O)(O)C(F)(F)COCC(O)C12CC3CC(CC(C3)C1)C2. The lowest BCUT2D eigenvalue weighted by atomic mass is 9.48. The average Bonchev–Trinajstić information content (AvgIpc) is 2.94. The second kappa shape index (κ2) is 12.7. The van der Waals surface area contributed by atoms with E-state index in [1.54, 1.807) is 6.07 Å². The number of aliphatic hydroxyl groups excluding tert-OH is 1. The summed E-state index contributed by atoms with van der Waals surface area (Å²) in [5.74, 6) is 1.68. The highest BCUT2D eigenvalue weighted by Crippen LogP contribution is 2.61. The Hall–Kier alpha value is -2.37. The molecule has 10 heteroatoms. The highest BCUT2D eigenvalue weighted by molar-refractivity contribution is 7.97.